The highest BCUT2D eigenvalue weighted by Gasteiger charge is 2.12. The Hall–Kier alpha value is -1.48. The molecule has 36 heavy (non-hydrogen) atoms. The Labute approximate surface area is 218 Å². The minimum atomic E-state index is -4.51. The Bertz CT molecular complexity index is 709. The smallest absolute Gasteiger partial charge is 0.317 e. The lowest BCUT2D eigenvalue weighted by molar-refractivity contribution is -0.870. The summed E-state index contributed by atoms with van der Waals surface area (Å²) in [5, 5.41) is 12.1. The molecule has 0 spiro atoms. The van der Waals surface area contributed by atoms with Crippen molar-refractivity contribution in [2.24, 2.45) is 0 Å². The second-order valence-electron chi connectivity index (χ2n) is 10.00. The van der Waals surface area contributed by atoms with Crippen LogP contribution >= 0.6 is 7.82 Å². The van der Waals surface area contributed by atoms with Crippen molar-refractivity contribution in [3.63, 3.8) is 0 Å². The maximum Gasteiger partial charge on any atom is 0.317 e. The van der Waals surface area contributed by atoms with Crippen LogP contribution < -0.4 is 10.2 Å². The number of nitrogens with zero attached hydrogens (tertiary/aromatic N) is 2. The first kappa shape index (κ1) is 34.5. The van der Waals surface area contributed by atoms with Gasteiger partial charge in [-0.05, 0) is 12.0 Å². The standard InChI is InChI=1S/C21H36N2O2.C5H14NO4P/c1-2-3-4-5-6-7-8-9-13-16-23(17-18-24)21(25)22-19-20-14-11-10-12-15-20;1-6(2,3)4-5-10-11(7,8)9/h10-12,14-15,24H,2-9,13,16-19H2,1H3,(H,22,25);4-5H2,1-3H3,(H-,7,8,9). The number of aliphatic hydroxyl groups excluding tert-OH is 1. The number of aliphatic hydroxyl groups is 1. The monoisotopic (exact) mass is 531 g/mol. The largest absolute Gasteiger partial charge is 0.756 e. The second-order valence-corrected chi connectivity index (χ2v) is 11.2. The van der Waals surface area contributed by atoms with Crippen molar-refractivity contribution in [2.45, 2.75) is 71.3 Å². The van der Waals surface area contributed by atoms with E-state index in [1.165, 1.54) is 44.9 Å². The quantitative estimate of drug-likeness (QED) is 0.150. The van der Waals surface area contributed by atoms with Crippen molar-refractivity contribution in [1.29, 1.82) is 0 Å². The Morgan fingerprint density at radius 2 is 1.56 bits per heavy atom. The van der Waals surface area contributed by atoms with Gasteiger partial charge in [0, 0.05) is 19.6 Å². The fourth-order valence-electron chi connectivity index (χ4n) is 3.36. The van der Waals surface area contributed by atoms with Crippen LogP contribution in [0.2, 0.25) is 0 Å². The minimum Gasteiger partial charge on any atom is -0.756 e. The molecule has 0 aromatic heterocycles. The predicted molar refractivity (Wildman–Crippen MR) is 143 cm³/mol. The molecule has 0 saturated carbocycles. The molecule has 3 N–H and O–H groups in total. The highest BCUT2D eigenvalue weighted by atomic mass is 31.2. The molecule has 1 atom stereocenters. The van der Waals surface area contributed by atoms with E-state index in [-0.39, 0.29) is 19.2 Å². The molecule has 0 saturated heterocycles. The third-order valence-electron chi connectivity index (χ3n) is 5.49. The van der Waals surface area contributed by atoms with Crippen LogP contribution in [0.4, 0.5) is 4.79 Å². The second kappa shape index (κ2) is 20.6. The molecule has 0 aliphatic heterocycles. The first-order chi connectivity index (χ1) is 17.0. The van der Waals surface area contributed by atoms with Crippen LogP contribution in [0, 0.1) is 0 Å². The van der Waals surface area contributed by atoms with E-state index in [0.717, 1.165) is 24.9 Å². The SMILES string of the molecule is CCCCCCCCCCCN(CCO)C(=O)NCc1ccccc1.C[N+](C)(C)CCOP(=O)([O-])O. The number of quaternary nitrogens is 1. The summed E-state index contributed by atoms with van der Waals surface area (Å²) >= 11 is 0. The van der Waals surface area contributed by atoms with E-state index in [0.29, 0.717) is 24.1 Å². The highest BCUT2D eigenvalue weighted by Crippen LogP contribution is 2.29. The van der Waals surface area contributed by atoms with Gasteiger partial charge in [-0.3, -0.25) is 4.57 Å². The molecule has 0 fully saturated rings. The van der Waals surface area contributed by atoms with Gasteiger partial charge in [0.05, 0.1) is 27.7 Å². The van der Waals surface area contributed by atoms with Crippen LogP contribution in [0.5, 0.6) is 0 Å². The summed E-state index contributed by atoms with van der Waals surface area (Å²) in [6.07, 6.45) is 11.4. The number of phosphoric ester groups is 1. The number of likely N-dealkylation sites (N-methyl/N-ethyl adjacent to an activating group) is 1. The summed E-state index contributed by atoms with van der Waals surface area (Å²) in [5.41, 5.74) is 1.09. The van der Waals surface area contributed by atoms with Crippen LogP contribution in [-0.4, -0.2) is 79.4 Å². The zero-order chi connectivity index (χ0) is 27.3. The molecule has 1 unspecified atom stereocenters. The average molecular weight is 532 g/mol. The summed E-state index contributed by atoms with van der Waals surface area (Å²) in [6.45, 7) is 4.45. The van der Waals surface area contributed by atoms with Gasteiger partial charge < -0.3 is 34.1 Å². The van der Waals surface area contributed by atoms with E-state index in [9.17, 15) is 19.4 Å². The molecular formula is C26H50N3O6P. The number of urea groups is 1. The van der Waals surface area contributed by atoms with E-state index >= 15 is 0 Å². The van der Waals surface area contributed by atoms with Gasteiger partial charge in [-0.1, -0.05) is 88.6 Å². The first-order valence-electron chi connectivity index (χ1n) is 13.1. The normalized spacial score (nSPS) is 12.9. The zero-order valence-corrected chi connectivity index (χ0v) is 23.8. The molecule has 0 aliphatic carbocycles. The summed E-state index contributed by atoms with van der Waals surface area (Å²) in [7, 11) is 1.19. The van der Waals surface area contributed by atoms with Gasteiger partial charge in [0.1, 0.15) is 13.2 Å². The van der Waals surface area contributed by atoms with Crippen LogP contribution in [0.15, 0.2) is 30.3 Å². The van der Waals surface area contributed by atoms with E-state index in [4.69, 9.17) is 4.89 Å². The van der Waals surface area contributed by atoms with Crippen molar-refractivity contribution in [1.82, 2.24) is 10.2 Å². The van der Waals surface area contributed by atoms with Crippen LogP contribution in [0.3, 0.4) is 0 Å². The Morgan fingerprint density at radius 1 is 1.00 bits per heavy atom. The van der Waals surface area contributed by atoms with Gasteiger partial charge in [0.25, 0.3) is 7.82 Å². The zero-order valence-electron chi connectivity index (χ0n) is 22.9. The average Bonchev–Trinajstić information content (AvgIpc) is 2.80. The molecule has 0 radical (unpaired) electrons. The van der Waals surface area contributed by atoms with Crippen molar-refractivity contribution < 1.29 is 33.3 Å². The van der Waals surface area contributed by atoms with E-state index in [2.05, 4.69) is 16.8 Å². The number of phosphoric acid groups is 1. The maximum atomic E-state index is 12.3. The minimum absolute atomic E-state index is 0.0101. The molecule has 1 aromatic carbocycles. The number of carbonyl (C=O) groups is 1. The Balaban J connectivity index is 0.000000935. The maximum absolute atomic E-state index is 12.3. The molecule has 1 rings (SSSR count). The van der Waals surface area contributed by atoms with Gasteiger partial charge in [-0.2, -0.15) is 0 Å². The molecule has 210 valence electrons. The first-order valence-corrected chi connectivity index (χ1v) is 14.6. The predicted octanol–water partition coefficient (Wildman–Crippen LogP) is 3.89. The van der Waals surface area contributed by atoms with Gasteiger partial charge >= 0.3 is 6.03 Å². The number of carbonyl (C=O) groups excluding carboxylic acids is 1. The van der Waals surface area contributed by atoms with E-state index in [1.54, 1.807) is 4.90 Å². The van der Waals surface area contributed by atoms with Crippen LogP contribution in [-0.2, 0) is 15.6 Å². The number of nitrogens with one attached hydrogen (secondary N) is 1. The molecule has 0 heterocycles. The molecule has 1 aromatic rings. The summed E-state index contributed by atoms with van der Waals surface area (Å²) in [5.74, 6) is 0. The fraction of sp³-hybridized carbons (Fsp3) is 0.731. The number of hydrogen-bond acceptors (Lipinski definition) is 5. The highest BCUT2D eigenvalue weighted by molar-refractivity contribution is 7.44. The lowest BCUT2D eigenvalue weighted by Crippen LogP contribution is -2.41. The van der Waals surface area contributed by atoms with Crippen LogP contribution in [0.25, 0.3) is 0 Å². The van der Waals surface area contributed by atoms with Crippen molar-refractivity contribution in [2.75, 3.05) is 54.0 Å². The van der Waals surface area contributed by atoms with Crippen LogP contribution in [0.1, 0.15) is 70.3 Å². The van der Waals surface area contributed by atoms with Gasteiger partial charge in [-0.15, -0.1) is 0 Å². The summed E-state index contributed by atoms with van der Waals surface area (Å²) in [6, 6.07) is 9.81. The number of rotatable bonds is 18. The summed E-state index contributed by atoms with van der Waals surface area (Å²) in [4.78, 5) is 32.3. The number of hydrogen-bond donors (Lipinski definition) is 3. The summed E-state index contributed by atoms with van der Waals surface area (Å²) < 4.78 is 14.8. The van der Waals surface area contributed by atoms with E-state index < -0.39 is 7.82 Å². The number of benzene rings is 1. The third-order valence-corrected chi connectivity index (χ3v) is 6.00. The number of unbranched alkanes of at least 4 members (excludes halogenated alkanes) is 8. The Kier molecular flexibility index (Phi) is 19.7. The lowest BCUT2D eigenvalue weighted by Gasteiger charge is -2.25. The lowest BCUT2D eigenvalue weighted by atomic mass is 10.1. The van der Waals surface area contributed by atoms with Crippen molar-refractivity contribution >= 4 is 13.9 Å². The molecular weight excluding hydrogens is 481 g/mol. The topological polar surface area (TPSA) is 122 Å². The molecule has 2 amide bonds. The van der Waals surface area contributed by atoms with Gasteiger partial charge in [0.15, 0.2) is 0 Å². The van der Waals surface area contributed by atoms with E-state index in [1.807, 2.05) is 51.5 Å². The third kappa shape index (κ3) is 23.0. The van der Waals surface area contributed by atoms with Crippen molar-refractivity contribution in [3.8, 4) is 0 Å². The van der Waals surface area contributed by atoms with Gasteiger partial charge in [0.2, 0.25) is 0 Å². The van der Waals surface area contributed by atoms with Gasteiger partial charge in [-0.25, -0.2) is 4.79 Å². The van der Waals surface area contributed by atoms with Crippen molar-refractivity contribution in [3.05, 3.63) is 35.9 Å². The molecule has 10 heteroatoms. The Morgan fingerprint density at radius 3 is 2.06 bits per heavy atom. The molecule has 0 aliphatic rings. The molecule has 9 nitrogen and oxygen atoms in total. The number of amides is 2. The molecule has 0 bridgehead atoms. The fourth-order valence-corrected chi connectivity index (χ4v) is 3.68.